The molecule has 5 nitrogen and oxygen atoms in total. The number of rotatable bonds is 2. The first kappa shape index (κ1) is 11.8. The molecule has 0 bridgehead atoms. The summed E-state index contributed by atoms with van der Waals surface area (Å²) >= 11 is 0. The molecule has 0 amide bonds. The van der Waals surface area contributed by atoms with Crippen molar-refractivity contribution in [2.45, 2.75) is 0 Å². The third-order valence-electron chi connectivity index (χ3n) is 1.60. The second-order valence-corrected chi connectivity index (χ2v) is 2.48. The lowest BCUT2D eigenvalue weighted by atomic mass is 10.1. The Bertz CT molecular complexity index is 463. The lowest BCUT2D eigenvalue weighted by molar-refractivity contribution is 0.0683. The first-order chi connectivity index (χ1) is 7.41. The molecule has 0 spiro atoms. The van der Waals surface area contributed by atoms with Gasteiger partial charge in [-0.3, -0.25) is 0 Å². The molecular weight excluding hydrogens is 234 g/mol. The van der Waals surface area contributed by atoms with Crippen LogP contribution in [0.15, 0.2) is 5.11 Å². The number of carbonyl (C=O) groups is 1. The molecule has 0 aliphatic heterocycles. The Balaban J connectivity index is 3.76. The molecule has 0 fully saturated rings. The van der Waals surface area contributed by atoms with Crippen molar-refractivity contribution in [3.8, 4) is 0 Å². The number of hydrogen-bond donors (Lipinski definition) is 2. The minimum Gasteiger partial charge on any atom is -0.477 e. The molecule has 0 saturated heterocycles. The maximum absolute atomic E-state index is 13.0. The SMILES string of the molecule is N=[N+]=Nc1c(F)c(F)c(C(=O)O)c(F)c1F. The third-order valence-corrected chi connectivity index (χ3v) is 1.60. The minimum atomic E-state index is -2.16. The summed E-state index contributed by atoms with van der Waals surface area (Å²) in [6.45, 7) is 0. The molecule has 0 radical (unpaired) electrons. The fourth-order valence-corrected chi connectivity index (χ4v) is 0.946. The predicted molar refractivity (Wildman–Crippen MR) is 40.2 cm³/mol. The van der Waals surface area contributed by atoms with E-state index in [-0.39, 0.29) is 0 Å². The second kappa shape index (κ2) is 4.07. The van der Waals surface area contributed by atoms with E-state index in [1.807, 2.05) is 0 Å². The standard InChI is InChI=1S/C7HF4N3O2/c8-2-1(7(15)16)3(9)5(11)6(4(2)10)13-14-12/h12H/p+1. The monoisotopic (exact) mass is 236 g/mol. The van der Waals surface area contributed by atoms with Gasteiger partial charge in [-0.1, -0.05) is 0 Å². The van der Waals surface area contributed by atoms with Crippen LogP contribution in [0, 0.1) is 28.8 Å². The van der Waals surface area contributed by atoms with Gasteiger partial charge < -0.3 is 5.11 Å². The van der Waals surface area contributed by atoms with E-state index in [0.29, 0.717) is 0 Å². The number of aromatic carboxylic acids is 1. The van der Waals surface area contributed by atoms with Gasteiger partial charge in [0.15, 0.2) is 28.4 Å². The summed E-state index contributed by atoms with van der Waals surface area (Å²) in [4.78, 5) is 12.5. The Kier molecular flexibility index (Phi) is 3.00. The van der Waals surface area contributed by atoms with Crippen molar-refractivity contribution in [2.75, 3.05) is 0 Å². The van der Waals surface area contributed by atoms with Gasteiger partial charge in [-0.15, -0.1) is 0 Å². The van der Waals surface area contributed by atoms with Crippen LogP contribution in [0.2, 0.25) is 0 Å². The highest BCUT2D eigenvalue weighted by Crippen LogP contribution is 2.29. The first-order valence-electron chi connectivity index (χ1n) is 3.58. The van der Waals surface area contributed by atoms with Crippen LogP contribution in [0.4, 0.5) is 23.2 Å². The fraction of sp³-hybridized carbons (Fsp3) is 0. The lowest BCUT2D eigenvalue weighted by Gasteiger charge is -2.02. The van der Waals surface area contributed by atoms with Gasteiger partial charge in [-0.2, -0.15) is 0 Å². The average Bonchev–Trinajstić information content (AvgIpc) is 2.21. The van der Waals surface area contributed by atoms with Crippen LogP contribution >= 0.6 is 0 Å². The second-order valence-electron chi connectivity index (χ2n) is 2.48. The lowest BCUT2D eigenvalue weighted by Crippen LogP contribution is -2.09. The van der Waals surface area contributed by atoms with E-state index in [4.69, 9.17) is 10.6 Å². The minimum absolute atomic E-state index is 1.49. The predicted octanol–water partition coefficient (Wildman–Crippen LogP) is 2.12. The van der Waals surface area contributed by atoms with Crippen molar-refractivity contribution in [2.24, 2.45) is 5.11 Å². The van der Waals surface area contributed by atoms with E-state index in [2.05, 4.69) is 10.0 Å². The highest BCUT2D eigenvalue weighted by Gasteiger charge is 2.31. The van der Waals surface area contributed by atoms with Gasteiger partial charge in [0.1, 0.15) is 11.1 Å². The Hall–Kier alpha value is -2.28. The average molecular weight is 236 g/mol. The number of hydrogen-bond acceptors (Lipinski definition) is 3. The number of halogens is 4. The molecule has 16 heavy (non-hydrogen) atoms. The van der Waals surface area contributed by atoms with Gasteiger partial charge in [-0.05, 0) is 0 Å². The Morgan fingerprint density at radius 1 is 1.12 bits per heavy atom. The van der Waals surface area contributed by atoms with Crippen LogP contribution in [0.3, 0.4) is 0 Å². The zero-order chi connectivity index (χ0) is 12.5. The summed E-state index contributed by atoms with van der Waals surface area (Å²) in [5.74, 6) is -10.4. The van der Waals surface area contributed by atoms with E-state index < -0.39 is 40.5 Å². The van der Waals surface area contributed by atoms with E-state index in [0.717, 1.165) is 0 Å². The van der Waals surface area contributed by atoms with Crippen molar-refractivity contribution < 1.29 is 27.5 Å². The summed E-state index contributed by atoms with van der Waals surface area (Å²) in [5, 5.41) is 10.8. The fourth-order valence-electron chi connectivity index (χ4n) is 0.946. The topological polar surface area (TPSA) is 87.6 Å². The molecule has 0 aliphatic rings. The van der Waals surface area contributed by atoms with Crippen molar-refractivity contribution in [3.05, 3.63) is 28.8 Å². The molecule has 84 valence electrons. The number of carboxylic acid groups (broad SMARTS) is 1. The summed E-state index contributed by atoms with van der Waals surface area (Å²) in [6.07, 6.45) is 0. The summed E-state index contributed by atoms with van der Waals surface area (Å²) in [6, 6.07) is 0. The van der Waals surface area contributed by atoms with E-state index in [9.17, 15) is 22.4 Å². The van der Waals surface area contributed by atoms with Gasteiger partial charge in [0.05, 0.1) is 0 Å². The Labute approximate surface area is 84.5 Å². The molecule has 9 heteroatoms. The molecule has 0 aliphatic carbocycles. The maximum atomic E-state index is 13.0. The normalized spacial score (nSPS) is 9.75. The summed E-state index contributed by atoms with van der Waals surface area (Å²) in [7, 11) is 0. The van der Waals surface area contributed by atoms with Gasteiger partial charge >= 0.3 is 5.97 Å². The molecule has 1 aromatic carbocycles. The molecule has 0 heterocycles. The van der Waals surface area contributed by atoms with Gasteiger partial charge in [-0.25, -0.2) is 22.4 Å². The van der Waals surface area contributed by atoms with Gasteiger partial charge in [0.2, 0.25) is 10.6 Å². The molecular formula is C7H2F4N3O2+. The van der Waals surface area contributed by atoms with Crippen molar-refractivity contribution >= 4 is 11.7 Å². The largest absolute Gasteiger partial charge is 0.477 e. The van der Waals surface area contributed by atoms with E-state index >= 15 is 0 Å². The molecule has 0 aromatic heterocycles. The van der Waals surface area contributed by atoms with Crippen molar-refractivity contribution in [1.29, 1.82) is 5.53 Å². The molecule has 1 aromatic rings. The van der Waals surface area contributed by atoms with E-state index in [1.54, 1.807) is 0 Å². The number of nitrogens with one attached hydrogen (secondary N) is 1. The highest BCUT2D eigenvalue weighted by atomic mass is 19.2. The molecule has 0 unspecified atom stereocenters. The van der Waals surface area contributed by atoms with Crippen molar-refractivity contribution in [1.82, 2.24) is 4.91 Å². The molecule has 2 N–H and O–H groups in total. The molecule has 0 atom stereocenters. The van der Waals surface area contributed by atoms with Crippen LogP contribution in [0.25, 0.3) is 0 Å². The van der Waals surface area contributed by atoms with Gasteiger partial charge in [0.25, 0.3) is 0 Å². The summed E-state index contributed by atoms with van der Waals surface area (Å²) in [5.41, 5.74) is 2.92. The number of benzene rings is 1. The van der Waals surface area contributed by atoms with E-state index in [1.165, 1.54) is 0 Å². The van der Waals surface area contributed by atoms with Crippen LogP contribution in [0.5, 0.6) is 0 Å². The quantitative estimate of drug-likeness (QED) is 0.356. The summed E-state index contributed by atoms with van der Waals surface area (Å²) < 4.78 is 51.8. The maximum Gasteiger partial charge on any atom is 0.341 e. The Morgan fingerprint density at radius 2 is 1.56 bits per heavy atom. The van der Waals surface area contributed by atoms with Crippen LogP contribution < -0.4 is 4.91 Å². The number of nitrogens with zero attached hydrogens (tertiary/aromatic N) is 2. The zero-order valence-electron chi connectivity index (χ0n) is 7.26. The van der Waals surface area contributed by atoms with Gasteiger partial charge in [0, 0.05) is 0 Å². The first-order valence-corrected chi connectivity index (χ1v) is 3.58. The molecule has 0 saturated carbocycles. The van der Waals surface area contributed by atoms with Crippen LogP contribution in [-0.4, -0.2) is 11.1 Å². The highest BCUT2D eigenvalue weighted by molar-refractivity contribution is 5.88. The number of carboxylic acids is 1. The third kappa shape index (κ3) is 1.63. The molecule has 1 rings (SSSR count). The van der Waals surface area contributed by atoms with Crippen LogP contribution in [-0.2, 0) is 0 Å². The zero-order valence-corrected chi connectivity index (χ0v) is 7.26. The van der Waals surface area contributed by atoms with Crippen LogP contribution in [0.1, 0.15) is 10.4 Å². The Morgan fingerprint density at radius 3 is 1.88 bits per heavy atom. The smallest absolute Gasteiger partial charge is 0.341 e. The van der Waals surface area contributed by atoms with Crippen molar-refractivity contribution in [3.63, 3.8) is 0 Å².